The summed E-state index contributed by atoms with van der Waals surface area (Å²) in [6.07, 6.45) is 3.17. The van der Waals surface area contributed by atoms with Gasteiger partial charge >= 0.3 is 0 Å². The molecule has 2 aromatic heterocycles. The third-order valence-corrected chi connectivity index (χ3v) is 6.58. The van der Waals surface area contributed by atoms with E-state index in [0.29, 0.717) is 48.5 Å². The first kappa shape index (κ1) is 21.9. The summed E-state index contributed by atoms with van der Waals surface area (Å²) in [5.41, 5.74) is 1.41. The summed E-state index contributed by atoms with van der Waals surface area (Å²) in [6, 6.07) is 17.7. The van der Waals surface area contributed by atoms with E-state index >= 15 is 0 Å². The number of anilines is 2. The summed E-state index contributed by atoms with van der Waals surface area (Å²) in [4.78, 5) is 30.6. The van der Waals surface area contributed by atoms with E-state index < -0.39 is 0 Å². The molecule has 0 spiro atoms. The van der Waals surface area contributed by atoms with Crippen molar-refractivity contribution in [2.24, 2.45) is 0 Å². The minimum Gasteiger partial charge on any atom is -0.449 e. The fourth-order valence-electron chi connectivity index (χ4n) is 4.03. The van der Waals surface area contributed by atoms with Gasteiger partial charge in [-0.05, 0) is 41.8 Å². The molecule has 0 saturated carbocycles. The summed E-state index contributed by atoms with van der Waals surface area (Å²) in [6.45, 7) is 1.82. The second-order valence-corrected chi connectivity index (χ2v) is 8.85. The van der Waals surface area contributed by atoms with E-state index in [1.165, 1.54) is 23.5 Å². The van der Waals surface area contributed by atoms with Crippen LogP contribution < -0.4 is 10.2 Å². The van der Waals surface area contributed by atoms with Crippen molar-refractivity contribution in [3.63, 3.8) is 0 Å². The second-order valence-electron chi connectivity index (χ2n) is 7.87. The summed E-state index contributed by atoms with van der Waals surface area (Å²) < 4.78 is 20.1. The number of fused-ring (bicyclic) bond motifs is 1. The van der Waals surface area contributed by atoms with Gasteiger partial charge in [-0.15, -0.1) is 11.3 Å². The van der Waals surface area contributed by atoms with Crippen molar-refractivity contribution in [2.45, 2.75) is 0 Å². The van der Waals surface area contributed by atoms with Crippen LogP contribution >= 0.6 is 11.3 Å². The molecule has 1 N–H and O–H groups in total. The zero-order valence-corrected chi connectivity index (χ0v) is 19.1. The number of piperazine rings is 1. The number of rotatable bonds is 5. The Balaban J connectivity index is 1.35. The van der Waals surface area contributed by atoms with Crippen LogP contribution in [0.25, 0.3) is 17.0 Å². The van der Waals surface area contributed by atoms with E-state index in [-0.39, 0.29) is 23.4 Å². The molecule has 3 heterocycles. The van der Waals surface area contributed by atoms with Gasteiger partial charge in [0.15, 0.2) is 0 Å². The smallest absolute Gasteiger partial charge is 0.291 e. The number of halogens is 1. The van der Waals surface area contributed by atoms with Crippen LogP contribution in [0.3, 0.4) is 0 Å². The number of carbonyl (C=O) groups excluding carboxylic acids is 2. The predicted octanol–water partition coefficient (Wildman–Crippen LogP) is 5.25. The molecule has 2 amide bonds. The minimum atomic E-state index is -0.349. The van der Waals surface area contributed by atoms with Gasteiger partial charge in [0.2, 0.25) is 11.7 Å². The average Bonchev–Trinajstić information content (AvgIpc) is 3.51. The van der Waals surface area contributed by atoms with Crippen LogP contribution in [0.1, 0.15) is 15.4 Å². The molecule has 6 nitrogen and oxygen atoms in total. The Morgan fingerprint density at radius 3 is 2.50 bits per heavy atom. The molecule has 0 aliphatic carbocycles. The van der Waals surface area contributed by atoms with Crippen molar-refractivity contribution in [3.8, 4) is 0 Å². The molecule has 2 aromatic carbocycles. The first-order valence-electron chi connectivity index (χ1n) is 10.9. The number of para-hydroxylation sites is 2. The van der Waals surface area contributed by atoms with Gasteiger partial charge in [-0.2, -0.15) is 0 Å². The molecule has 4 aromatic rings. The van der Waals surface area contributed by atoms with Crippen LogP contribution in [0.15, 0.2) is 76.5 Å². The van der Waals surface area contributed by atoms with Gasteiger partial charge in [0.25, 0.3) is 5.91 Å². The highest BCUT2D eigenvalue weighted by atomic mass is 32.1. The summed E-state index contributed by atoms with van der Waals surface area (Å²) >= 11 is 1.53. The lowest BCUT2D eigenvalue weighted by molar-refractivity contribution is -0.111. The van der Waals surface area contributed by atoms with E-state index in [2.05, 4.69) is 5.32 Å². The summed E-state index contributed by atoms with van der Waals surface area (Å²) in [7, 11) is 0. The Kier molecular flexibility index (Phi) is 6.14. The Hall–Kier alpha value is -3.91. The monoisotopic (exact) mass is 475 g/mol. The summed E-state index contributed by atoms with van der Waals surface area (Å²) in [5.74, 6) is -0.834. The van der Waals surface area contributed by atoms with Crippen LogP contribution in [0.4, 0.5) is 15.8 Å². The van der Waals surface area contributed by atoms with Crippen LogP contribution in [-0.4, -0.2) is 42.9 Å². The zero-order chi connectivity index (χ0) is 23.5. The number of thiophene rings is 1. The average molecular weight is 476 g/mol. The molecule has 1 fully saturated rings. The highest BCUT2D eigenvalue weighted by Gasteiger charge is 2.29. The van der Waals surface area contributed by atoms with Crippen LogP contribution in [0.2, 0.25) is 0 Å². The molecular weight excluding hydrogens is 453 g/mol. The largest absolute Gasteiger partial charge is 0.449 e. The van der Waals surface area contributed by atoms with Crippen molar-refractivity contribution in [1.29, 1.82) is 0 Å². The number of nitrogens with zero attached hydrogens (tertiary/aromatic N) is 2. The lowest BCUT2D eigenvalue weighted by atomic mass is 10.2. The van der Waals surface area contributed by atoms with E-state index in [9.17, 15) is 14.0 Å². The Morgan fingerprint density at radius 2 is 1.74 bits per heavy atom. The minimum absolute atomic E-state index is 0.0958. The molecule has 0 radical (unpaired) electrons. The maximum atomic E-state index is 14.2. The van der Waals surface area contributed by atoms with Gasteiger partial charge in [-0.25, -0.2) is 4.39 Å². The SMILES string of the molecule is O=C(/C=C/c1cccs1)Nc1c(C(=O)N2CCN(c3ccccc3F)CC2)oc2ccccc12. The van der Waals surface area contributed by atoms with Gasteiger partial charge in [0.05, 0.1) is 5.69 Å². The molecular formula is C26H22FN3O3S. The summed E-state index contributed by atoms with van der Waals surface area (Å²) in [5, 5.41) is 5.43. The fourth-order valence-corrected chi connectivity index (χ4v) is 4.65. The first-order chi connectivity index (χ1) is 16.6. The zero-order valence-electron chi connectivity index (χ0n) is 18.2. The second kappa shape index (κ2) is 9.52. The molecule has 5 rings (SSSR count). The molecule has 8 heteroatoms. The highest BCUT2D eigenvalue weighted by molar-refractivity contribution is 7.10. The maximum absolute atomic E-state index is 14.2. The molecule has 0 unspecified atom stereocenters. The number of amides is 2. The van der Waals surface area contributed by atoms with Crippen molar-refractivity contribution < 1.29 is 18.4 Å². The van der Waals surface area contributed by atoms with Gasteiger partial charge in [-0.1, -0.05) is 30.3 Å². The Labute approximate surface area is 199 Å². The van der Waals surface area contributed by atoms with Gasteiger partial charge in [-0.3, -0.25) is 9.59 Å². The van der Waals surface area contributed by atoms with Gasteiger partial charge in [0, 0.05) is 42.5 Å². The van der Waals surface area contributed by atoms with E-state index in [4.69, 9.17) is 4.42 Å². The number of carbonyl (C=O) groups is 2. The predicted molar refractivity (Wildman–Crippen MR) is 133 cm³/mol. The van der Waals surface area contributed by atoms with Crippen molar-refractivity contribution in [1.82, 2.24) is 4.90 Å². The van der Waals surface area contributed by atoms with E-state index in [1.807, 2.05) is 40.6 Å². The van der Waals surface area contributed by atoms with Crippen LogP contribution in [0.5, 0.6) is 0 Å². The van der Waals surface area contributed by atoms with Crippen molar-refractivity contribution in [3.05, 3.63) is 88.6 Å². The third-order valence-electron chi connectivity index (χ3n) is 5.74. The molecule has 1 aliphatic rings. The van der Waals surface area contributed by atoms with Crippen LogP contribution in [0, 0.1) is 5.82 Å². The number of benzene rings is 2. The Bertz CT molecular complexity index is 1350. The number of hydrogen-bond acceptors (Lipinski definition) is 5. The van der Waals surface area contributed by atoms with Crippen molar-refractivity contribution in [2.75, 3.05) is 36.4 Å². The third kappa shape index (κ3) is 4.45. The highest BCUT2D eigenvalue weighted by Crippen LogP contribution is 2.32. The molecule has 172 valence electrons. The van der Waals surface area contributed by atoms with Crippen LogP contribution in [-0.2, 0) is 4.79 Å². The topological polar surface area (TPSA) is 65.8 Å². The van der Waals surface area contributed by atoms with E-state index in [0.717, 1.165) is 4.88 Å². The first-order valence-corrected chi connectivity index (χ1v) is 11.8. The molecule has 0 bridgehead atoms. The normalized spacial score (nSPS) is 14.1. The van der Waals surface area contributed by atoms with E-state index in [1.54, 1.807) is 35.2 Å². The maximum Gasteiger partial charge on any atom is 0.291 e. The quantitative estimate of drug-likeness (QED) is 0.401. The molecule has 1 aliphatic heterocycles. The van der Waals surface area contributed by atoms with Gasteiger partial charge in [0.1, 0.15) is 17.1 Å². The van der Waals surface area contributed by atoms with Gasteiger partial charge < -0.3 is 19.5 Å². The van der Waals surface area contributed by atoms with Crippen molar-refractivity contribution >= 4 is 51.6 Å². The number of nitrogens with one attached hydrogen (secondary N) is 1. The molecule has 1 saturated heterocycles. The fraction of sp³-hybridized carbons (Fsp3) is 0.154. The lowest BCUT2D eigenvalue weighted by Crippen LogP contribution is -2.49. The number of hydrogen-bond donors (Lipinski definition) is 1. The molecule has 0 atom stereocenters. The number of furan rings is 1. The Morgan fingerprint density at radius 1 is 0.971 bits per heavy atom. The standard InChI is InChI=1S/C26H22FN3O3S/c27-20-8-2-3-9-21(20)29-13-15-30(16-14-29)26(32)25-24(19-7-1-4-10-22(19)33-25)28-23(31)12-11-18-6-5-17-34-18/h1-12,17H,13-16H2,(H,28,31)/b12-11+. The lowest BCUT2D eigenvalue weighted by Gasteiger charge is -2.35. The molecule has 34 heavy (non-hydrogen) atoms.